The van der Waals surface area contributed by atoms with Crippen LogP contribution >= 0.6 is 0 Å². The minimum Gasteiger partial charge on any atom is -0.497 e. The fourth-order valence-corrected chi connectivity index (χ4v) is 9.82. The molecule has 0 spiro atoms. The Morgan fingerprint density at radius 2 is 1.60 bits per heavy atom. The van der Waals surface area contributed by atoms with E-state index in [0.717, 1.165) is 16.7 Å². The topological polar surface area (TPSA) is 158 Å². The van der Waals surface area contributed by atoms with E-state index in [-0.39, 0.29) is 28.8 Å². The maximum atomic E-state index is 13.0. The largest absolute Gasteiger partial charge is 0.497 e. The van der Waals surface area contributed by atoms with Gasteiger partial charge >= 0.3 is 0 Å². The van der Waals surface area contributed by atoms with Gasteiger partial charge in [0.1, 0.15) is 28.8 Å². The van der Waals surface area contributed by atoms with E-state index < -0.39 is 42.9 Å². The molecule has 2 aromatic heterocycles. The van der Waals surface area contributed by atoms with Crippen LogP contribution in [0.15, 0.2) is 96.1 Å². The van der Waals surface area contributed by atoms with Gasteiger partial charge in [0.25, 0.3) is 5.56 Å². The number of aromatic amines is 1. The third-order valence-electron chi connectivity index (χ3n) is 10.4. The number of nitrogen functional groups attached to an aromatic ring is 1. The van der Waals surface area contributed by atoms with Crippen molar-refractivity contribution in [3.8, 4) is 5.75 Å². The number of hydrogen-bond donors (Lipinski definition) is 4. The second kappa shape index (κ2) is 12.3. The minimum atomic E-state index is -2.88. The quantitative estimate of drug-likeness (QED) is 0.128. The molecule has 3 heterocycles. The van der Waals surface area contributed by atoms with E-state index in [1.165, 1.54) is 10.9 Å². The van der Waals surface area contributed by atoms with Gasteiger partial charge in [-0.3, -0.25) is 14.3 Å². The molecular weight excluding hydrogens is 627 g/mol. The summed E-state index contributed by atoms with van der Waals surface area (Å²) in [7, 11) is -1.26. The van der Waals surface area contributed by atoms with Crippen LogP contribution in [0, 0.1) is 0 Å². The molecule has 0 aliphatic carbocycles. The molecule has 1 aliphatic rings. The van der Waals surface area contributed by atoms with Crippen LogP contribution in [0.25, 0.3) is 11.2 Å². The van der Waals surface area contributed by atoms with Crippen LogP contribution in [-0.4, -0.2) is 69.0 Å². The molecule has 0 amide bonds. The lowest BCUT2D eigenvalue weighted by Crippen LogP contribution is -2.69. The van der Waals surface area contributed by atoms with Gasteiger partial charge in [0.2, 0.25) is 5.95 Å². The smallest absolute Gasteiger partial charge is 0.280 e. The molecule has 0 bridgehead atoms. The monoisotopic (exact) mass is 669 g/mol. The Labute approximate surface area is 280 Å². The molecule has 1 aliphatic heterocycles. The number of H-pyrrole nitrogens is 1. The molecule has 5 N–H and O–H groups in total. The number of fused-ring (bicyclic) bond motifs is 1. The van der Waals surface area contributed by atoms with Crippen molar-refractivity contribution in [3.63, 3.8) is 0 Å². The number of hydrogen-bond acceptors (Lipinski definition) is 9. The first kappa shape index (κ1) is 33.6. The molecular formula is C36H43N5O6Si. The van der Waals surface area contributed by atoms with Crippen molar-refractivity contribution in [3.05, 3.63) is 118 Å². The lowest BCUT2D eigenvalue weighted by Gasteiger charge is -2.50. The summed E-state index contributed by atoms with van der Waals surface area (Å²) in [6.45, 7) is 10.2. The molecule has 0 saturated carbocycles. The van der Waals surface area contributed by atoms with Crippen molar-refractivity contribution in [1.29, 1.82) is 0 Å². The van der Waals surface area contributed by atoms with E-state index in [2.05, 4.69) is 35.7 Å². The number of rotatable bonds is 9. The lowest BCUT2D eigenvalue weighted by molar-refractivity contribution is -0.103. The van der Waals surface area contributed by atoms with Gasteiger partial charge in [0.15, 0.2) is 17.4 Å². The molecule has 4 atom stereocenters. The number of benzene rings is 3. The summed E-state index contributed by atoms with van der Waals surface area (Å²) in [5.74, 6) is 0.557. The predicted molar refractivity (Wildman–Crippen MR) is 186 cm³/mol. The zero-order valence-corrected chi connectivity index (χ0v) is 29.0. The van der Waals surface area contributed by atoms with E-state index in [0.29, 0.717) is 5.75 Å². The van der Waals surface area contributed by atoms with Gasteiger partial charge in [0.05, 0.1) is 28.1 Å². The molecule has 48 heavy (non-hydrogen) atoms. The summed E-state index contributed by atoms with van der Waals surface area (Å²) in [6, 6.07) is 27.5. The van der Waals surface area contributed by atoms with Crippen LogP contribution in [0.4, 0.5) is 5.95 Å². The minimum absolute atomic E-state index is 0.0424. The molecule has 3 aromatic carbocycles. The van der Waals surface area contributed by atoms with Gasteiger partial charge < -0.3 is 30.2 Å². The summed E-state index contributed by atoms with van der Waals surface area (Å²) >= 11 is 0. The highest BCUT2D eigenvalue weighted by atomic mass is 28.3. The van der Waals surface area contributed by atoms with Crippen molar-refractivity contribution < 1.29 is 24.4 Å². The van der Waals surface area contributed by atoms with Gasteiger partial charge in [-0.25, -0.2) is 4.98 Å². The zero-order valence-electron chi connectivity index (χ0n) is 28.0. The summed E-state index contributed by atoms with van der Waals surface area (Å²) in [4.78, 5) is 23.6. The number of nitrogens with two attached hydrogens (primary N) is 1. The number of aliphatic hydroxyl groups excluding tert-OH is 1. The highest BCUT2D eigenvalue weighted by Crippen LogP contribution is 2.53. The molecule has 252 valence electrons. The molecule has 11 nitrogen and oxygen atoms in total. The summed E-state index contributed by atoms with van der Waals surface area (Å²) in [5, 5.41) is 23.0. The van der Waals surface area contributed by atoms with Crippen molar-refractivity contribution in [2.45, 2.75) is 68.2 Å². The van der Waals surface area contributed by atoms with Crippen molar-refractivity contribution in [1.82, 2.24) is 19.5 Å². The van der Waals surface area contributed by atoms with Crippen LogP contribution in [0.3, 0.4) is 0 Å². The number of ether oxygens (including phenoxy) is 3. The maximum Gasteiger partial charge on any atom is 0.280 e. The Balaban J connectivity index is 1.52. The fourth-order valence-electron chi connectivity index (χ4n) is 6.78. The first-order chi connectivity index (χ1) is 22.8. The number of nitrogens with one attached hydrogen (secondary N) is 1. The number of methoxy groups -OCH3 is 1. The van der Waals surface area contributed by atoms with Crippen LogP contribution in [0.2, 0.25) is 18.1 Å². The highest BCUT2D eigenvalue weighted by Gasteiger charge is 2.67. The first-order valence-electron chi connectivity index (χ1n) is 15.9. The second-order valence-corrected chi connectivity index (χ2v) is 19.4. The van der Waals surface area contributed by atoms with E-state index >= 15 is 0 Å². The van der Waals surface area contributed by atoms with Crippen molar-refractivity contribution in [2.75, 3.05) is 19.5 Å². The lowest BCUT2D eigenvalue weighted by atomic mass is 9.80. The number of aromatic nitrogens is 4. The average Bonchev–Trinajstić information content (AvgIpc) is 3.60. The Kier molecular flexibility index (Phi) is 8.59. The Bertz CT molecular complexity index is 1920. The average molecular weight is 670 g/mol. The zero-order chi connectivity index (χ0) is 34.5. The summed E-state index contributed by atoms with van der Waals surface area (Å²) in [6.07, 6.45) is -2.20. The standard InChI is InChI=1S/C36H43N5O6Si/c1-34(2,3)48(5,6)36(44)27(47-32(29(36)42)41-22-38-28-30(41)39-33(37)40-31(28)43)21-46-35(23-14-9-7-10-15-23,24-16-11-8-12-17-24)25-18-13-19-26(20-25)45-4/h7-20,22,27,29,32,42,44H,21H2,1-6H3,(H3,37,39,40,43)/t27-,29+,32-,36+/m1/s1. The maximum absolute atomic E-state index is 13.0. The van der Waals surface area contributed by atoms with E-state index in [1.807, 2.05) is 98.0 Å². The van der Waals surface area contributed by atoms with Crippen LogP contribution in [0.1, 0.15) is 43.7 Å². The van der Waals surface area contributed by atoms with Crippen LogP contribution in [0.5, 0.6) is 5.75 Å². The number of anilines is 1. The predicted octanol–water partition coefficient (Wildman–Crippen LogP) is 4.76. The Hall–Kier alpha value is -4.33. The SMILES string of the molecule is COc1cccc(C(OC[C@H]2O[C@@H](n3cnc4c(=O)[nH]c(N)nc43)[C@H](O)[C@@]2(O)[Si](C)(C)C(C)(C)C)(c2ccccc2)c2ccccc2)c1. The van der Waals surface area contributed by atoms with Crippen molar-refractivity contribution in [2.24, 2.45) is 0 Å². The normalized spacial score (nSPS) is 21.9. The van der Waals surface area contributed by atoms with Gasteiger partial charge in [-0.2, -0.15) is 4.98 Å². The molecule has 1 fully saturated rings. The molecule has 1 saturated heterocycles. The molecule has 5 aromatic rings. The Morgan fingerprint density at radius 3 is 2.19 bits per heavy atom. The number of aliphatic hydroxyl groups is 2. The highest BCUT2D eigenvalue weighted by molar-refractivity contribution is 6.83. The molecule has 0 radical (unpaired) electrons. The van der Waals surface area contributed by atoms with Crippen molar-refractivity contribution >= 4 is 25.2 Å². The van der Waals surface area contributed by atoms with Gasteiger partial charge in [0, 0.05) is 0 Å². The van der Waals surface area contributed by atoms with E-state index in [9.17, 15) is 15.0 Å². The second-order valence-electron chi connectivity index (χ2n) is 13.9. The number of imidazole rings is 1. The van der Waals surface area contributed by atoms with Gasteiger partial charge in [-0.05, 0) is 33.9 Å². The summed E-state index contributed by atoms with van der Waals surface area (Å²) in [5.41, 5.74) is 6.91. The third-order valence-corrected chi connectivity index (χ3v) is 16.8. The van der Waals surface area contributed by atoms with E-state index in [4.69, 9.17) is 19.9 Å². The van der Waals surface area contributed by atoms with Gasteiger partial charge in [-0.1, -0.05) is 107 Å². The molecule has 12 heteroatoms. The first-order valence-corrected chi connectivity index (χ1v) is 18.9. The van der Waals surface area contributed by atoms with Crippen LogP contribution < -0.4 is 16.0 Å². The van der Waals surface area contributed by atoms with Gasteiger partial charge in [-0.15, -0.1) is 0 Å². The fraction of sp³-hybridized carbons (Fsp3) is 0.361. The van der Waals surface area contributed by atoms with Crippen LogP contribution in [-0.2, 0) is 15.1 Å². The Morgan fingerprint density at radius 1 is 1.00 bits per heavy atom. The number of nitrogens with zero attached hydrogens (tertiary/aromatic N) is 3. The molecule has 6 rings (SSSR count). The van der Waals surface area contributed by atoms with E-state index in [1.54, 1.807) is 7.11 Å². The summed E-state index contributed by atoms with van der Waals surface area (Å²) < 4.78 is 20.9. The third kappa shape index (κ3) is 5.24. The molecule has 0 unspecified atom stereocenters.